The summed E-state index contributed by atoms with van der Waals surface area (Å²) >= 11 is 0. The maximum atomic E-state index is 10.1. The average molecular weight is 319 g/mol. The summed E-state index contributed by atoms with van der Waals surface area (Å²) in [6, 6.07) is 0. The van der Waals surface area contributed by atoms with Gasteiger partial charge >= 0.3 is 0 Å². The van der Waals surface area contributed by atoms with Crippen molar-refractivity contribution in [2.24, 2.45) is 40.4 Å². The second-order valence-electron chi connectivity index (χ2n) is 10.2. The van der Waals surface area contributed by atoms with Crippen LogP contribution in [0.15, 0.2) is 0 Å². The number of ether oxygens (including phenoxy) is 1. The molecule has 4 aliphatic carbocycles. The molecule has 0 aromatic heterocycles. The molecule has 5 fully saturated rings. The minimum absolute atomic E-state index is 0.0126. The first kappa shape index (κ1) is 15.2. The van der Waals surface area contributed by atoms with Gasteiger partial charge in [0.2, 0.25) is 0 Å². The molecule has 1 heterocycles. The van der Waals surface area contributed by atoms with Crippen LogP contribution in [0.2, 0.25) is 0 Å². The predicted molar refractivity (Wildman–Crippen MR) is 91.0 cm³/mol. The molecule has 23 heavy (non-hydrogen) atoms. The molecule has 1 N–H and O–H groups in total. The highest BCUT2D eigenvalue weighted by atomic mass is 16.6. The van der Waals surface area contributed by atoms with Crippen LogP contribution in [-0.2, 0) is 4.74 Å². The Bertz CT molecular complexity index is 486. The summed E-state index contributed by atoms with van der Waals surface area (Å²) < 4.78 is 5.73. The molecule has 0 amide bonds. The lowest BCUT2D eigenvalue weighted by molar-refractivity contribution is -0.127. The molecular weight excluding hydrogens is 284 g/mol. The predicted octanol–water partition coefficient (Wildman–Crippen LogP) is 4.41. The van der Waals surface area contributed by atoms with Crippen molar-refractivity contribution in [1.82, 2.24) is 0 Å². The van der Waals surface area contributed by atoms with Crippen LogP contribution in [-0.4, -0.2) is 23.9 Å². The zero-order valence-corrected chi connectivity index (χ0v) is 15.0. The Balaban J connectivity index is 1.42. The summed E-state index contributed by atoms with van der Waals surface area (Å²) in [5, 5.41) is 10.1. The minimum atomic E-state index is -0.0126. The molecule has 0 aromatic rings. The minimum Gasteiger partial charge on any atom is -0.393 e. The molecule has 4 saturated carbocycles. The monoisotopic (exact) mass is 318 g/mol. The molecule has 1 aliphatic heterocycles. The van der Waals surface area contributed by atoms with Gasteiger partial charge in [0.1, 0.15) is 0 Å². The van der Waals surface area contributed by atoms with E-state index in [1.807, 2.05) is 0 Å². The number of aliphatic hydroxyl groups excluding tert-OH is 1. The fourth-order valence-corrected chi connectivity index (χ4v) is 8.17. The molecule has 130 valence electrons. The number of aliphatic hydroxyl groups is 1. The molecule has 9 atom stereocenters. The molecule has 1 saturated heterocycles. The van der Waals surface area contributed by atoms with E-state index in [1.165, 1.54) is 44.9 Å². The normalized spacial score (nSPS) is 61.4. The van der Waals surface area contributed by atoms with E-state index < -0.39 is 0 Å². The zero-order valence-electron chi connectivity index (χ0n) is 15.0. The first-order valence-electron chi connectivity index (χ1n) is 10.3. The lowest BCUT2D eigenvalue weighted by Gasteiger charge is -2.61. The Morgan fingerprint density at radius 1 is 0.826 bits per heavy atom. The topological polar surface area (TPSA) is 32.8 Å². The standard InChI is InChI=1S/C21H34O2/c1-20-9-7-14(22)11-13(20)3-4-15-16-5-6-18(19-12-23-19)21(16,2)10-8-17(15)20/h13-19,22H,3-12H2,1-2H3/t13-,14-,15+,16+,17+,18-,19?,20+,21+/m1/s1. The third kappa shape index (κ3) is 2.06. The second kappa shape index (κ2) is 4.97. The van der Waals surface area contributed by atoms with Crippen LogP contribution in [0.3, 0.4) is 0 Å². The second-order valence-corrected chi connectivity index (χ2v) is 10.2. The number of hydrogen-bond acceptors (Lipinski definition) is 2. The van der Waals surface area contributed by atoms with Gasteiger partial charge in [0.25, 0.3) is 0 Å². The highest BCUT2D eigenvalue weighted by molar-refractivity contribution is 5.11. The van der Waals surface area contributed by atoms with Crippen molar-refractivity contribution < 1.29 is 9.84 Å². The van der Waals surface area contributed by atoms with E-state index in [4.69, 9.17) is 4.74 Å². The maximum absolute atomic E-state index is 10.1. The fraction of sp³-hybridized carbons (Fsp3) is 1.00. The molecule has 5 rings (SSSR count). The molecule has 1 unspecified atom stereocenters. The Hall–Kier alpha value is -0.0800. The largest absolute Gasteiger partial charge is 0.393 e. The van der Waals surface area contributed by atoms with Gasteiger partial charge in [-0.25, -0.2) is 0 Å². The summed E-state index contributed by atoms with van der Waals surface area (Å²) in [6.07, 6.45) is 12.6. The van der Waals surface area contributed by atoms with Crippen molar-refractivity contribution >= 4 is 0 Å². The van der Waals surface area contributed by atoms with Gasteiger partial charge < -0.3 is 9.84 Å². The van der Waals surface area contributed by atoms with Crippen LogP contribution >= 0.6 is 0 Å². The van der Waals surface area contributed by atoms with Crippen LogP contribution in [0.25, 0.3) is 0 Å². The molecule has 0 aromatic carbocycles. The van der Waals surface area contributed by atoms with Gasteiger partial charge in [-0.3, -0.25) is 0 Å². The van der Waals surface area contributed by atoms with E-state index in [-0.39, 0.29) is 6.10 Å². The lowest BCUT2D eigenvalue weighted by Crippen LogP contribution is -2.54. The third-order valence-corrected chi connectivity index (χ3v) is 9.52. The van der Waals surface area contributed by atoms with E-state index in [0.29, 0.717) is 16.9 Å². The van der Waals surface area contributed by atoms with Crippen LogP contribution in [0, 0.1) is 40.4 Å². The summed E-state index contributed by atoms with van der Waals surface area (Å²) in [5.41, 5.74) is 1.09. The van der Waals surface area contributed by atoms with Crippen LogP contribution in [0.5, 0.6) is 0 Å². The Labute approximate surface area is 141 Å². The van der Waals surface area contributed by atoms with Crippen molar-refractivity contribution in [1.29, 1.82) is 0 Å². The highest BCUT2D eigenvalue weighted by Gasteiger charge is 2.62. The van der Waals surface area contributed by atoms with Crippen LogP contribution in [0.4, 0.5) is 0 Å². The molecule has 5 aliphatic rings. The molecular formula is C21H34O2. The van der Waals surface area contributed by atoms with E-state index >= 15 is 0 Å². The Morgan fingerprint density at radius 3 is 2.30 bits per heavy atom. The number of epoxide rings is 1. The van der Waals surface area contributed by atoms with Gasteiger partial charge in [0, 0.05) is 0 Å². The summed E-state index contributed by atoms with van der Waals surface area (Å²) in [4.78, 5) is 0. The van der Waals surface area contributed by atoms with Gasteiger partial charge in [-0.05, 0) is 98.2 Å². The van der Waals surface area contributed by atoms with E-state index in [0.717, 1.165) is 49.0 Å². The highest BCUT2D eigenvalue weighted by Crippen LogP contribution is 2.68. The molecule has 0 spiro atoms. The Kier molecular flexibility index (Phi) is 3.29. The van der Waals surface area contributed by atoms with Crippen molar-refractivity contribution in [2.75, 3.05) is 6.61 Å². The van der Waals surface area contributed by atoms with Crippen molar-refractivity contribution in [2.45, 2.75) is 83.8 Å². The van der Waals surface area contributed by atoms with E-state index in [2.05, 4.69) is 13.8 Å². The van der Waals surface area contributed by atoms with Crippen molar-refractivity contribution in [3.05, 3.63) is 0 Å². The van der Waals surface area contributed by atoms with E-state index in [1.54, 1.807) is 0 Å². The van der Waals surface area contributed by atoms with Gasteiger partial charge in [-0.15, -0.1) is 0 Å². The van der Waals surface area contributed by atoms with Crippen molar-refractivity contribution in [3.63, 3.8) is 0 Å². The number of fused-ring (bicyclic) bond motifs is 5. The lowest BCUT2D eigenvalue weighted by atomic mass is 9.44. The smallest absolute Gasteiger partial charge is 0.0843 e. The van der Waals surface area contributed by atoms with Gasteiger partial charge in [0.05, 0.1) is 18.8 Å². The molecule has 0 bridgehead atoms. The first-order chi connectivity index (χ1) is 11.0. The number of hydrogen-bond donors (Lipinski definition) is 1. The summed E-state index contributed by atoms with van der Waals surface area (Å²) in [7, 11) is 0. The molecule has 0 radical (unpaired) electrons. The van der Waals surface area contributed by atoms with Crippen molar-refractivity contribution in [3.8, 4) is 0 Å². The quantitative estimate of drug-likeness (QED) is 0.727. The van der Waals surface area contributed by atoms with Gasteiger partial charge in [-0.2, -0.15) is 0 Å². The van der Waals surface area contributed by atoms with Crippen LogP contribution in [0.1, 0.15) is 71.6 Å². The number of rotatable bonds is 1. The Morgan fingerprint density at radius 2 is 1.52 bits per heavy atom. The van der Waals surface area contributed by atoms with Gasteiger partial charge in [0.15, 0.2) is 0 Å². The van der Waals surface area contributed by atoms with Gasteiger partial charge in [-0.1, -0.05) is 13.8 Å². The zero-order chi connectivity index (χ0) is 15.8. The summed E-state index contributed by atoms with van der Waals surface area (Å²) in [5.74, 6) is 4.51. The molecule has 2 nitrogen and oxygen atoms in total. The molecule has 2 heteroatoms. The first-order valence-corrected chi connectivity index (χ1v) is 10.3. The van der Waals surface area contributed by atoms with E-state index in [9.17, 15) is 5.11 Å². The maximum Gasteiger partial charge on any atom is 0.0843 e. The van der Waals surface area contributed by atoms with Crippen LogP contribution < -0.4 is 0 Å². The SMILES string of the molecule is C[C@]12CC[C@@H](O)C[C@H]1CC[C@@H]1[C@@H]2CC[C@]2(C)[C@@H](C3CO3)CC[C@@H]12. The summed E-state index contributed by atoms with van der Waals surface area (Å²) in [6.45, 7) is 6.25. The average Bonchev–Trinajstić information content (AvgIpc) is 3.29. The third-order valence-electron chi connectivity index (χ3n) is 9.52. The fourth-order valence-electron chi connectivity index (χ4n) is 8.17.